The number of nitrogens with zero attached hydrogens (tertiary/aromatic N) is 1. The lowest BCUT2D eigenvalue weighted by atomic mass is 10.1. The summed E-state index contributed by atoms with van der Waals surface area (Å²) in [6.07, 6.45) is -9.31. The van der Waals surface area contributed by atoms with Gasteiger partial charge >= 0.3 is 18.3 Å². The molecule has 0 aliphatic rings. The van der Waals surface area contributed by atoms with E-state index in [0.29, 0.717) is 0 Å². The molecule has 0 fully saturated rings. The summed E-state index contributed by atoms with van der Waals surface area (Å²) in [4.78, 5) is 26.2. The third-order valence-electron chi connectivity index (χ3n) is 5.07. The van der Waals surface area contributed by atoms with Crippen molar-refractivity contribution in [2.24, 2.45) is 0 Å². The zero-order valence-corrected chi connectivity index (χ0v) is 18.8. The number of anilines is 1. The molecule has 36 heavy (non-hydrogen) atoms. The normalized spacial score (nSPS) is 11.9. The minimum atomic E-state index is -4.71. The number of benzene rings is 3. The summed E-state index contributed by atoms with van der Waals surface area (Å²) in [5.41, 5.74) is -2.70. The van der Waals surface area contributed by atoms with Crippen molar-refractivity contribution in [1.29, 1.82) is 0 Å². The standard InChI is InChI=1S/C25H19F6NO4/c1-14(2)32(22(33)15-7-9-16(10-8-15)24(26,27)28)20-12-11-17(13-18(20)23(34)35)36-21-6-4-3-5-19(21)25(29,30)31/h3-14H,1-2H3,(H,34,35). The first-order chi connectivity index (χ1) is 16.7. The van der Waals surface area contributed by atoms with Gasteiger partial charge in [0, 0.05) is 11.6 Å². The summed E-state index contributed by atoms with van der Waals surface area (Å²) in [7, 11) is 0. The molecular weight excluding hydrogens is 492 g/mol. The lowest BCUT2D eigenvalue weighted by molar-refractivity contribution is -0.139. The van der Waals surface area contributed by atoms with Crippen molar-refractivity contribution in [3.63, 3.8) is 0 Å². The Balaban J connectivity index is 2.01. The van der Waals surface area contributed by atoms with Crippen LogP contribution in [0.3, 0.4) is 0 Å². The number of carbonyl (C=O) groups excluding carboxylic acids is 1. The van der Waals surface area contributed by atoms with Crippen molar-refractivity contribution in [3.05, 3.63) is 89.0 Å². The van der Waals surface area contributed by atoms with Gasteiger partial charge in [0.25, 0.3) is 5.91 Å². The predicted molar refractivity (Wildman–Crippen MR) is 118 cm³/mol. The molecule has 1 amide bonds. The number of carbonyl (C=O) groups is 2. The second-order valence-corrected chi connectivity index (χ2v) is 7.92. The van der Waals surface area contributed by atoms with Gasteiger partial charge in [0.15, 0.2) is 0 Å². The van der Waals surface area contributed by atoms with Gasteiger partial charge in [-0.15, -0.1) is 0 Å². The van der Waals surface area contributed by atoms with Crippen LogP contribution >= 0.6 is 0 Å². The fourth-order valence-corrected chi connectivity index (χ4v) is 3.44. The number of carboxylic acid groups (broad SMARTS) is 1. The minimum absolute atomic E-state index is 0.112. The van der Waals surface area contributed by atoms with Crippen LogP contribution in [0.5, 0.6) is 11.5 Å². The van der Waals surface area contributed by atoms with E-state index in [2.05, 4.69) is 0 Å². The van der Waals surface area contributed by atoms with E-state index in [1.165, 1.54) is 24.3 Å². The maximum atomic E-state index is 13.3. The van der Waals surface area contributed by atoms with Crippen molar-refractivity contribution in [2.75, 3.05) is 4.90 Å². The van der Waals surface area contributed by atoms with Crippen molar-refractivity contribution >= 4 is 17.6 Å². The molecule has 0 unspecified atom stereocenters. The van der Waals surface area contributed by atoms with Crippen LogP contribution in [0.25, 0.3) is 0 Å². The van der Waals surface area contributed by atoms with E-state index in [0.717, 1.165) is 47.4 Å². The molecule has 0 spiro atoms. The molecule has 1 N–H and O–H groups in total. The van der Waals surface area contributed by atoms with Gasteiger partial charge in [-0.05, 0) is 68.4 Å². The molecule has 0 saturated heterocycles. The molecule has 0 aliphatic carbocycles. The first kappa shape index (κ1) is 26.6. The highest BCUT2D eigenvalue weighted by Crippen LogP contribution is 2.39. The van der Waals surface area contributed by atoms with Gasteiger partial charge < -0.3 is 14.7 Å². The monoisotopic (exact) mass is 511 g/mol. The smallest absolute Gasteiger partial charge is 0.419 e. The van der Waals surface area contributed by atoms with Crippen LogP contribution < -0.4 is 9.64 Å². The maximum Gasteiger partial charge on any atom is 0.419 e. The number of alkyl halides is 6. The summed E-state index contributed by atoms with van der Waals surface area (Å²) < 4.78 is 83.7. The van der Waals surface area contributed by atoms with Gasteiger partial charge in [-0.3, -0.25) is 4.79 Å². The predicted octanol–water partition coefficient (Wildman–Crippen LogP) is 7.27. The van der Waals surface area contributed by atoms with E-state index < -0.39 is 52.7 Å². The Labute approximate surface area is 201 Å². The number of halogens is 6. The number of amides is 1. The number of carboxylic acids is 1. The molecule has 190 valence electrons. The number of ether oxygens (including phenoxy) is 1. The maximum absolute atomic E-state index is 13.3. The molecule has 0 radical (unpaired) electrons. The Morgan fingerprint density at radius 2 is 1.47 bits per heavy atom. The van der Waals surface area contributed by atoms with Crippen LogP contribution in [0.1, 0.15) is 45.7 Å². The Hall–Kier alpha value is -4.02. The Morgan fingerprint density at radius 3 is 2.00 bits per heavy atom. The van der Waals surface area contributed by atoms with Crippen molar-refractivity contribution in [3.8, 4) is 11.5 Å². The summed E-state index contributed by atoms with van der Waals surface area (Å²) in [5, 5.41) is 9.75. The molecule has 3 aromatic rings. The zero-order valence-electron chi connectivity index (χ0n) is 18.8. The van der Waals surface area contributed by atoms with Gasteiger partial charge in [-0.25, -0.2) is 4.79 Å². The third-order valence-corrected chi connectivity index (χ3v) is 5.07. The number of para-hydroxylation sites is 1. The van der Waals surface area contributed by atoms with Crippen LogP contribution in [-0.2, 0) is 12.4 Å². The van der Waals surface area contributed by atoms with E-state index >= 15 is 0 Å². The average Bonchev–Trinajstić information content (AvgIpc) is 2.78. The average molecular weight is 511 g/mol. The molecule has 0 aliphatic heterocycles. The molecule has 11 heteroatoms. The summed E-state index contributed by atoms with van der Waals surface area (Å²) in [6.45, 7) is 3.13. The van der Waals surface area contributed by atoms with Gasteiger partial charge in [0.2, 0.25) is 0 Å². The van der Waals surface area contributed by atoms with E-state index in [4.69, 9.17) is 4.74 Å². The summed E-state index contributed by atoms with van der Waals surface area (Å²) in [5.74, 6) is -3.03. The molecule has 3 aromatic carbocycles. The van der Waals surface area contributed by atoms with Gasteiger partial charge in [0.1, 0.15) is 11.5 Å². The molecule has 5 nitrogen and oxygen atoms in total. The van der Waals surface area contributed by atoms with E-state index in [1.807, 2.05) is 0 Å². The largest absolute Gasteiger partial charge is 0.478 e. The topological polar surface area (TPSA) is 66.8 Å². The Bertz CT molecular complexity index is 1270. The summed E-state index contributed by atoms with van der Waals surface area (Å²) in [6, 6.07) is 10.5. The van der Waals surface area contributed by atoms with Crippen LogP contribution in [0.2, 0.25) is 0 Å². The molecule has 0 aromatic heterocycles. The fraction of sp³-hybridized carbons (Fsp3) is 0.200. The van der Waals surface area contributed by atoms with Gasteiger partial charge in [-0.2, -0.15) is 26.3 Å². The van der Waals surface area contributed by atoms with Crippen LogP contribution in [0.15, 0.2) is 66.7 Å². The second kappa shape index (κ2) is 9.92. The summed E-state index contributed by atoms with van der Waals surface area (Å²) >= 11 is 0. The Morgan fingerprint density at radius 1 is 0.861 bits per heavy atom. The third kappa shape index (κ3) is 5.78. The molecule has 3 rings (SSSR count). The van der Waals surface area contributed by atoms with Crippen molar-refractivity contribution in [2.45, 2.75) is 32.2 Å². The fourth-order valence-electron chi connectivity index (χ4n) is 3.44. The van der Waals surface area contributed by atoms with Gasteiger partial charge in [-0.1, -0.05) is 12.1 Å². The lowest BCUT2D eigenvalue weighted by Gasteiger charge is -2.28. The van der Waals surface area contributed by atoms with Crippen LogP contribution in [0.4, 0.5) is 32.0 Å². The highest BCUT2D eigenvalue weighted by atomic mass is 19.4. The lowest BCUT2D eigenvalue weighted by Crippen LogP contribution is -2.38. The van der Waals surface area contributed by atoms with Crippen LogP contribution in [-0.4, -0.2) is 23.0 Å². The van der Waals surface area contributed by atoms with Crippen LogP contribution in [0, 0.1) is 0 Å². The molecular formula is C25H19F6NO4. The van der Waals surface area contributed by atoms with Gasteiger partial charge in [0.05, 0.1) is 22.4 Å². The number of hydrogen-bond acceptors (Lipinski definition) is 3. The molecule has 0 bridgehead atoms. The number of aromatic carboxylic acids is 1. The quantitative estimate of drug-likeness (QED) is 0.354. The number of hydrogen-bond donors (Lipinski definition) is 1. The highest BCUT2D eigenvalue weighted by Gasteiger charge is 2.35. The van der Waals surface area contributed by atoms with Crippen molar-refractivity contribution in [1.82, 2.24) is 0 Å². The van der Waals surface area contributed by atoms with E-state index in [-0.39, 0.29) is 17.0 Å². The second-order valence-electron chi connectivity index (χ2n) is 7.92. The van der Waals surface area contributed by atoms with E-state index in [1.54, 1.807) is 13.8 Å². The number of rotatable bonds is 6. The first-order valence-electron chi connectivity index (χ1n) is 10.4. The van der Waals surface area contributed by atoms with E-state index in [9.17, 15) is 41.0 Å². The van der Waals surface area contributed by atoms with Crippen molar-refractivity contribution < 1.29 is 45.8 Å². The Kier molecular flexibility index (Phi) is 7.33. The highest BCUT2D eigenvalue weighted by molar-refractivity contribution is 6.09. The molecule has 0 heterocycles. The molecule has 0 saturated carbocycles. The molecule has 0 atom stereocenters. The minimum Gasteiger partial charge on any atom is -0.478 e. The first-order valence-corrected chi connectivity index (χ1v) is 10.4. The SMILES string of the molecule is CC(C)N(C(=O)c1ccc(C(F)(F)F)cc1)c1ccc(Oc2ccccc2C(F)(F)F)cc1C(=O)O. The zero-order chi connectivity index (χ0) is 26.8.